The van der Waals surface area contributed by atoms with Crippen molar-refractivity contribution in [3.8, 4) is 5.69 Å². The summed E-state index contributed by atoms with van der Waals surface area (Å²) in [7, 11) is 0. The standard InChI is InChI=1S/C20H19BrN2O/c1-15-6-8-17(9-7-15)23-12-13-24-20(23)16-10-11-22(14-16)19-5-3-2-4-18(19)21/h2-11,14,20H,12-13H2,1H3/t20-/m1/s1. The van der Waals surface area contributed by atoms with Crippen LogP contribution in [0.2, 0.25) is 0 Å². The molecule has 1 fully saturated rings. The molecule has 0 amide bonds. The fraction of sp³-hybridized carbons (Fsp3) is 0.200. The second-order valence-corrected chi connectivity index (χ2v) is 6.91. The van der Waals surface area contributed by atoms with Gasteiger partial charge in [0.15, 0.2) is 6.23 Å². The lowest BCUT2D eigenvalue weighted by Gasteiger charge is -2.24. The van der Waals surface area contributed by atoms with Crippen molar-refractivity contribution in [3.63, 3.8) is 0 Å². The van der Waals surface area contributed by atoms with Crippen molar-refractivity contribution < 1.29 is 4.74 Å². The van der Waals surface area contributed by atoms with Crippen LogP contribution < -0.4 is 4.90 Å². The average molecular weight is 383 g/mol. The lowest BCUT2D eigenvalue weighted by atomic mass is 10.2. The number of hydrogen-bond donors (Lipinski definition) is 0. The fourth-order valence-corrected chi connectivity index (χ4v) is 3.61. The van der Waals surface area contributed by atoms with E-state index in [1.807, 2.05) is 12.1 Å². The van der Waals surface area contributed by atoms with E-state index in [4.69, 9.17) is 4.74 Å². The Balaban J connectivity index is 1.64. The minimum Gasteiger partial charge on any atom is -0.352 e. The van der Waals surface area contributed by atoms with Gasteiger partial charge < -0.3 is 14.2 Å². The quantitative estimate of drug-likeness (QED) is 0.627. The number of para-hydroxylation sites is 1. The zero-order valence-electron chi connectivity index (χ0n) is 13.5. The van der Waals surface area contributed by atoms with E-state index in [0.29, 0.717) is 0 Å². The fourth-order valence-electron chi connectivity index (χ4n) is 3.12. The molecule has 0 unspecified atom stereocenters. The van der Waals surface area contributed by atoms with Gasteiger partial charge in [-0.25, -0.2) is 0 Å². The molecule has 1 aromatic heterocycles. The summed E-state index contributed by atoms with van der Waals surface area (Å²) in [5.41, 5.74) is 4.78. The van der Waals surface area contributed by atoms with Crippen LogP contribution in [0.1, 0.15) is 17.4 Å². The number of aromatic nitrogens is 1. The zero-order chi connectivity index (χ0) is 16.5. The van der Waals surface area contributed by atoms with E-state index < -0.39 is 0 Å². The molecular weight excluding hydrogens is 364 g/mol. The molecule has 3 aromatic rings. The van der Waals surface area contributed by atoms with Crippen molar-refractivity contribution in [2.75, 3.05) is 18.1 Å². The first-order valence-corrected chi connectivity index (χ1v) is 8.89. The van der Waals surface area contributed by atoms with Crippen LogP contribution in [0.4, 0.5) is 5.69 Å². The van der Waals surface area contributed by atoms with Crippen molar-refractivity contribution in [2.45, 2.75) is 13.2 Å². The maximum Gasteiger partial charge on any atom is 0.158 e. The summed E-state index contributed by atoms with van der Waals surface area (Å²) in [6, 6.07) is 19.0. The minimum atomic E-state index is -0.0311. The topological polar surface area (TPSA) is 17.4 Å². The maximum absolute atomic E-state index is 6.02. The van der Waals surface area contributed by atoms with Crippen LogP contribution in [-0.2, 0) is 4.74 Å². The lowest BCUT2D eigenvalue weighted by molar-refractivity contribution is 0.114. The first-order valence-electron chi connectivity index (χ1n) is 8.10. The van der Waals surface area contributed by atoms with E-state index in [2.05, 4.69) is 87.2 Å². The number of nitrogens with zero attached hydrogens (tertiary/aromatic N) is 2. The molecule has 2 heterocycles. The second kappa shape index (κ2) is 6.46. The number of benzene rings is 2. The molecule has 4 rings (SSSR count). The molecule has 0 aliphatic carbocycles. The molecule has 1 saturated heterocycles. The molecule has 0 bridgehead atoms. The third-order valence-corrected chi connectivity index (χ3v) is 5.06. The zero-order valence-corrected chi connectivity index (χ0v) is 15.1. The molecule has 1 aliphatic rings. The van der Waals surface area contributed by atoms with Crippen molar-refractivity contribution in [1.29, 1.82) is 0 Å². The number of hydrogen-bond acceptors (Lipinski definition) is 2. The van der Waals surface area contributed by atoms with Gasteiger partial charge in [0.25, 0.3) is 0 Å². The number of ether oxygens (including phenoxy) is 1. The number of rotatable bonds is 3. The molecule has 0 saturated carbocycles. The van der Waals surface area contributed by atoms with Gasteiger partial charge >= 0.3 is 0 Å². The summed E-state index contributed by atoms with van der Waals surface area (Å²) in [5.74, 6) is 0. The van der Waals surface area contributed by atoms with Gasteiger partial charge in [-0.15, -0.1) is 0 Å². The highest BCUT2D eigenvalue weighted by molar-refractivity contribution is 9.10. The smallest absolute Gasteiger partial charge is 0.158 e. The Morgan fingerprint density at radius 2 is 1.83 bits per heavy atom. The molecule has 0 radical (unpaired) electrons. The average Bonchev–Trinajstić information content (AvgIpc) is 3.25. The molecule has 2 aromatic carbocycles. The van der Waals surface area contributed by atoms with Gasteiger partial charge in [-0.3, -0.25) is 0 Å². The Bertz CT molecular complexity index is 841. The Morgan fingerprint density at radius 1 is 1.04 bits per heavy atom. The first kappa shape index (κ1) is 15.5. The molecule has 4 heteroatoms. The van der Waals surface area contributed by atoms with Gasteiger partial charge in [0.2, 0.25) is 0 Å². The third-order valence-electron chi connectivity index (χ3n) is 4.39. The molecule has 0 spiro atoms. The number of aryl methyl sites for hydroxylation is 1. The molecular formula is C20H19BrN2O. The van der Waals surface area contributed by atoms with Gasteiger partial charge in [0.05, 0.1) is 12.3 Å². The molecule has 1 aliphatic heterocycles. The van der Waals surface area contributed by atoms with Crippen molar-refractivity contribution in [3.05, 3.63) is 82.6 Å². The molecule has 3 nitrogen and oxygen atoms in total. The van der Waals surface area contributed by atoms with Crippen LogP contribution in [-0.4, -0.2) is 17.7 Å². The monoisotopic (exact) mass is 382 g/mol. The van der Waals surface area contributed by atoms with Crippen LogP contribution in [0.3, 0.4) is 0 Å². The highest BCUT2D eigenvalue weighted by atomic mass is 79.9. The predicted octanol–water partition coefficient (Wildman–Crippen LogP) is 5.08. The Labute approximate surface area is 150 Å². The van der Waals surface area contributed by atoms with E-state index in [9.17, 15) is 0 Å². The van der Waals surface area contributed by atoms with Gasteiger partial charge in [-0.05, 0) is 53.2 Å². The molecule has 0 N–H and O–H groups in total. The summed E-state index contributed by atoms with van der Waals surface area (Å²) in [6.07, 6.45) is 4.21. The van der Waals surface area contributed by atoms with E-state index >= 15 is 0 Å². The summed E-state index contributed by atoms with van der Waals surface area (Å²) < 4.78 is 9.23. The van der Waals surface area contributed by atoms with E-state index in [1.165, 1.54) is 16.8 Å². The van der Waals surface area contributed by atoms with Gasteiger partial charge in [-0.1, -0.05) is 29.8 Å². The Kier molecular flexibility index (Phi) is 4.17. The molecule has 24 heavy (non-hydrogen) atoms. The van der Waals surface area contributed by atoms with Crippen molar-refractivity contribution >= 4 is 21.6 Å². The predicted molar refractivity (Wildman–Crippen MR) is 101 cm³/mol. The first-order chi connectivity index (χ1) is 11.7. The van der Waals surface area contributed by atoms with Crippen LogP contribution in [0.25, 0.3) is 5.69 Å². The summed E-state index contributed by atoms with van der Waals surface area (Å²) in [6.45, 7) is 3.77. The molecule has 1 atom stereocenters. The van der Waals surface area contributed by atoms with E-state index in [0.717, 1.165) is 23.3 Å². The number of halogens is 1. The van der Waals surface area contributed by atoms with Crippen LogP contribution in [0.15, 0.2) is 71.5 Å². The van der Waals surface area contributed by atoms with Gasteiger partial charge in [0, 0.05) is 34.7 Å². The van der Waals surface area contributed by atoms with Crippen LogP contribution >= 0.6 is 15.9 Å². The highest BCUT2D eigenvalue weighted by Crippen LogP contribution is 2.33. The summed E-state index contributed by atoms with van der Waals surface area (Å²) >= 11 is 3.62. The van der Waals surface area contributed by atoms with E-state index in [-0.39, 0.29) is 6.23 Å². The lowest BCUT2D eigenvalue weighted by Crippen LogP contribution is -2.22. The number of anilines is 1. The van der Waals surface area contributed by atoms with E-state index in [1.54, 1.807) is 0 Å². The van der Waals surface area contributed by atoms with Gasteiger partial charge in [0.1, 0.15) is 0 Å². The third kappa shape index (κ3) is 2.87. The second-order valence-electron chi connectivity index (χ2n) is 6.06. The summed E-state index contributed by atoms with van der Waals surface area (Å²) in [5, 5.41) is 0. The minimum absolute atomic E-state index is 0.0311. The summed E-state index contributed by atoms with van der Waals surface area (Å²) in [4.78, 5) is 2.32. The normalized spacial score (nSPS) is 17.4. The largest absolute Gasteiger partial charge is 0.352 e. The highest BCUT2D eigenvalue weighted by Gasteiger charge is 2.27. The van der Waals surface area contributed by atoms with Crippen LogP contribution in [0, 0.1) is 6.92 Å². The Hall–Kier alpha value is -2.04. The van der Waals surface area contributed by atoms with Crippen molar-refractivity contribution in [2.24, 2.45) is 0 Å². The van der Waals surface area contributed by atoms with Crippen molar-refractivity contribution in [1.82, 2.24) is 4.57 Å². The SMILES string of the molecule is Cc1ccc(N2CCO[C@@H]2c2ccn(-c3ccccc3Br)c2)cc1. The maximum atomic E-state index is 6.02. The van der Waals surface area contributed by atoms with Crippen LogP contribution in [0.5, 0.6) is 0 Å². The molecule has 122 valence electrons. The van der Waals surface area contributed by atoms with Gasteiger partial charge in [-0.2, -0.15) is 0 Å². The Morgan fingerprint density at radius 3 is 2.62 bits per heavy atom.